The van der Waals surface area contributed by atoms with Crippen molar-refractivity contribution in [3.05, 3.63) is 33.9 Å². The smallest absolute Gasteiger partial charge is 0.278 e. The van der Waals surface area contributed by atoms with Gasteiger partial charge in [0.1, 0.15) is 5.75 Å². The number of nitro benzene ring substituents is 1. The summed E-state index contributed by atoms with van der Waals surface area (Å²) in [5.41, 5.74) is 5.17. The van der Waals surface area contributed by atoms with Gasteiger partial charge in [-0.2, -0.15) is 0 Å². The van der Waals surface area contributed by atoms with Crippen LogP contribution in [0.25, 0.3) is 0 Å². The zero-order valence-corrected chi connectivity index (χ0v) is 11.1. The Kier molecular flexibility index (Phi) is 3.64. The fourth-order valence-electron chi connectivity index (χ4n) is 2.54. The third-order valence-electron chi connectivity index (χ3n) is 3.81. The molecule has 0 heterocycles. The molecule has 2 rings (SSSR count). The van der Waals surface area contributed by atoms with Crippen LogP contribution in [0.3, 0.4) is 0 Å². The summed E-state index contributed by atoms with van der Waals surface area (Å²) in [4.78, 5) is 10.6. The Bertz CT molecular complexity index is 524. The normalized spacial score (nSPS) is 20.4. The molecule has 7 heteroatoms. The van der Waals surface area contributed by atoms with Gasteiger partial charge in [0.05, 0.1) is 18.1 Å². The molecule has 0 spiro atoms. The van der Waals surface area contributed by atoms with E-state index < -0.39 is 16.4 Å². The molecule has 0 atom stereocenters. The van der Waals surface area contributed by atoms with Crippen molar-refractivity contribution in [2.45, 2.75) is 37.1 Å². The summed E-state index contributed by atoms with van der Waals surface area (Å²) in [5, 5.41) is 11.1. The number of halogens is 2. The lowest BCUT2D eigenvalue weighted by atomic mass is 9.75. The van der Waals surface area contributed by atoms with Gasteiger partial charge in [0.25, 0.3) is 5.69 Å². The zero-order chi connectivity index (χ0) is 15.0. The molecule has 0 unspecified atom stereocenters. The summed E-state index contributed by atoms with van der Waals surface area (Å²) >= 11 is 0. The molecule has 110 valence electrons. The Morgan fingerprint density at radius 1 is 1.30 bits per heavy atom. The number of nitrogens with zero attached hydrogens (tertiary/aromatic N) is 1. The molecular formula is C13H16F2N2O3. The van der Waals surface area contributed by atoms with Crippen molar-refractivity contribution in [1.82, 2.24) is 0 Å². The van der Waals surface area contributed by atoms with Crippen LogP contribution in [0.15, 0.2) is 18.2 Å². The van der Waals surface area contributed by atoms with Crippen LogP contribution in [0.5, 0.6) is 5.75 Å². The van der Waals surface area contributed by atoms with Crippen molar-refractivity contribution in [1.29, 1.82) is 0 Å². The lowest BCUT2D eigenvalue weighted by Gasteiger charge is -2.37. The van der Waals surface area contributed by atoms with Crippen LogP contribution in [0.4, 0.5) is 14.5 Å². The first kappa shape index (κ1) is 14.6. The number of ether oxygens (including phenoxy) is 1. The maximum absolute atomic E-state index is 13.2. The van der Waals surface area contributed by atoms with Gasteiger partial charge in [-0.25, -0.2) is 8.78 Å². The van der Waals surface area contributed by atoms with Gasteiger partial charge in [0, 0.05) is 23.9 Å². The first-order valence-electron chi connectivity index (χ1n) is 6.27. The van der Waals surface area contributed by atoms with Crippen molar-refractivity contribution < 1.29 is 18.4 Å². The summed E-state index contributed by atoms with van der Waals surface area (Å²) in [6.45, 7) is 0. The van der Waals surface area contributed by atoms with Crippen molar-refractivity contribution in [3.8, 4) is 5.75 Å². The Balaban J connectivity index is 2.39. The highest BCUT2D eigenvalue weighted by Crippen LogP contribution is 2.45. The van der Waals surface area contributed by atoms with Gasteiger partial charge in [-0.15, -0.1) is 0 Å². The van der Waals surface area contributed by atoms with Crippen LogP contribution in [-0.4, -0.2) is 18.0 Å². The molecule has 1 aromatic rings. The molecule has 1 aliphatic rings. The molecule has 0 bridgehead atoms. The molecule has 1 fully saturated rings. The molecule has 0 amide bonds. The predicted octanol–water partition coefficient (Wildman–Crippen LogP) is 2.97. The van der Waals surface area contributed by atoms with E-state index in [9.17, 15) is 18.9 Å². The number of hydrogen-bond acceptors (Lipinski definition) is 4. The van der Waals surface area contributed by atoms with Crippen LogP contribution in [0.1, 0.15) is 31.2 Å². The summed E-state index contributed by atoms with van der Waals surface area (Å²) in [6.07, 6.45) is -0.667. The monoisotopic (exact) mass is 286 g/mol. The molecule has 1 aromatic carbocycles. The molecule has 5 nitrogen and oxygen atoms in total. The summed E-state index contributed by atoms with van der Waals surface area (Å²) in [5.74, 6) is -2.39. The summed E-state index contributed by atoms with van der Waals surface area (Å²) < 4.78 is 31.4. The van der Waals surface area contributed by atoms with Gasteiger partial charge in [0.2, 0.25) is 5.92 Å². The molecule has 0 saturated heterocycles. The Morgan fingerprint density at radius 2 is 1.90 bits per heavy atom. The van der Waals surface area contributed by atoms with E-state index in [0.717, 1.165) is 0 Å². The highest BCUT2D eigenvalue weighted by atomic mass is 19.3. The van der Waals surface area contributed by atoms with Gasteiger partial charge in [0.15, 0.2) is 0 Å². The van der Waals surface area contributed by atoms with Crippen molar-refractivity contribution in [2.24, 2.45) is 5.73 Å². The van der Waals surface area contributed by atoms with E-state index in [2.05, 4.69) is 0 Å². The van der Waals surface area contributed by atoms with E-state index in [1.54, 1.807) is 6.07 Å². The van der Waals surface area contributed by atoms with Crippen LogP contribution < -0.4 is 10.5 Å². The molecule has 0 aromatic heterocycles. The first-order valence-corrected chi connectivity index (χ1v) is 6.27. The lowest BCUT2D eigenvalue weighted by Crippen LogP contribution is -2.43. The highest BCUT2D eigenvalue weighted by Gasteiger charge is 2.44. The van der Waals surface area contributed by atoms with Crippen molar-refractivity contribution in [2.75, 3.05) is 7.11 Å². The summed E-state index contributed by atoms with van der Waals surface area (Å²) in [6, 6.07) is 4.33. The Morgan fingerprint density at radius 3 is 2.40 bits per heavy atom. The summed E-state index contributed by atoms with van der Waals surface area (Å²) in [7, 11) is 1.40. The first-order chi connectivity index (χ1) is 9.27. The van der Waals surface area contributed by atoms with Gasteiger partial charge in [-0.05, 0) is 25.0 Å². The fraction of sp³-hybridized carbons (Fsp3) is 0.538. The average Bonchev–Trinajstić information content (AvgIpc) is 2.42. The van der Waals surface area contributed by atoms with Crippen LogP contribution in [-0.2, 0) is 5.54 Å². The van der Waals surface area contributed by atoms with Crippen molar-refractivity contribution in [3.63, 3.8) is 0 Å². The molecule has 0 aliphatic heterocycles. The number of nitrogens with two attached hydrogens (primary N) is 1. The fourth-order valence-corrected chi connectivity index (χ4v) is 2.54. The molecule has 2 N–H and O–H groups in total. The number of benzene rings is 1. The van der Waals surface area contributed by atoms with Gasteiger partial charge < -0.3 is 10.5 Å². The number of methoxy groups -OCH3 is 1. The SMILES string of the molecule is COc1ccc(C2(N)CCC(F)(F)CC2)c([N+](=O)[O-])c1. The van der Waals surface area contributed by atoms with E-state index in [-0.39, 0.29) is 31.4 Å². The Hall–Kier alpha value is -1.76. The Labute approximate surface area is 114 Å². The highest BCUT2D eigenvalue weighted by molar-refractivity contribution is 5.49. The third-order valence-corrected chi connectivity index (χ3v) is 3.81. The van der Waals surface area contributed by atoms with Gasteiger partial charge in [-0.3, -0.25) is 10.1 Å². The van der Waals surface area contributed by atoms with Crippen LogP contribution >= 0.6 is 0 Å². The minimum atomic E-state index is -2.73. The zero-order valence-electron chi connectivity index (χ0n) is 11.1. The second kappa shape index (κ2) is 4.97. The number of alkyl halides is 2. The number of hydrogen-bond donors (Lipinski definition) is 1. The van der Waals surface area contributed by atoms with E-state index in [0.29, 0.717) is 11.3 Å². The molecule has 20 heavy (non-hydrogen) atoms. The standard InChI is InChI=1S/C13H16F2N2O3/c1-20-9-2-3-10(11(8-9)17(18)19)12(16)4-6-13(14,15)7-5-12/h2-3,8H,4-7,16H2,1H3. The lowest BCUT2D eigenvalue weighted by molar-refractivity contribution is -0.386. The maximum atomic E-state index is 13.2. The quantitative estimate of drug-likeness (QED) is 0.684. The molecule has 1 saturated carbocycles. The minimum Gasteiger partial charge on any atom is -0.497 e. The van der Waals surface area contributed by atoms with E-state index in [1.807, 2.05) is 0 Å². The second-order valence-corrected chi connectivity index (χ2v) is 5.15. The average molecular weight is 286 g/mol. The van der Waals surface area contributed by atoms with Gasteiger partial charge >= 0.3 is 0 Å². The molecular weight excluding hydrogens is 270 g/mol. The van der Waals surface area contributed by atoms with Gasteiger partial charge in [-0.1, -0.05) is 0 Å². The van der Waals surface area contributed by atoms with Crippen LogP contribution in [0, 0.1) is 10.1 Å². The maximum Gasteiger partial charge on any atom is 0.278 e. The van der Waals surface area contributed by atoms with E-state index >= 15 is 0 Å². The molecule has 0 radical (unpaired) electrons. The minimum absolute atomic E-state index is 0.0210. The largest absolute Gasteiger partial charge is 0.497 e. The van der Waals surface area contributed by atoms with E-state index in [4.69, 9.17) is 10.5 Å². The number of rotatable bonds is 3. The third kappa shape index (κ3) is 2.72. The van der Waals surface area contributed by atoms with E-state index in [1.165, 1.54) is 19.2 Å². The predicted molar refractivity (Wildman–Crippen MR) is 68.9 cm³/mol. The number of nitro groups is 1. The van der Waals surface area contributed by atoms with Crippen molar-refractivity contribution >= 4 is 5.69 Å². The molecule has 1 aliphatic carbocycles. The second-order valence-electron chi connectivity index (χ2n) is 5.15. The topological polar surface area (TPSA) is 78.4 Å². The van der Waals surface area contributed by atoms with Crippen LogP contribution in [0.2, 0.25) is 0 Å².